The van der Waals surface area contributed by atoms with Crippen molar-refractivity contribution >= 4 is 22.7 Å². The van der Waals surface area contributed by atoms with E-state index in [1.807, 2.05) is 18.2 Å². The zero-order valence-corrected chi connectivity index (χ0v) is 17.1. The summed E-state index contributed by atoms with van der Waals surface area (Å²) in [5.41, 5.74) is 7.25. The van der Waals surface area contributed by atoms with Crippen LogP contribution in [0.5, 0.6) is 0 Å². The Hall–Kier alpha value is -2.93. The van der Waals surface area contributed by atoms with E-state index in [1.165, 1.54) is 28.5 Å². The highest BCUT2D eigenvalue weighted by Gasteiger charge is 2.17. The first-order chi connectivity index (χ1) is 14.1. The summed E-state index contributed by atoms with van der Waals surface area (Å²) in [6, 6.07) is 11.9. The number of rotatable bonds is 4. The second-order valence-corrected chi connectivity index (χ2v) is 8.38. The molecule has 0 N–H and O–H groups in total. The van der Waals surface area contributed by atoms with Crippen LogP contribution in [0.3, 0.4) is 0 Å². The average Bonchev–Trinajstić information content (AvgIpc) is 3.35. The fourth-order valence-corrected chi connectivity index (χ4v) is 4.82. The van der Waals surface area contributed by atoms with Crippen LogP contribution in [0.4, 0.5) is 0 Å². The number of nitrogens with zero attached hydrogens (tertiary/aromatic N) is 4. The molecule has 0 unspecified atom stereocenters. The second-order valence-electron chi connectivity index (χ2n) is 7.44. The van der Waals surface area contributed by atoms with Crippen molar-refractivity contribution in [3.05, 3.63) is 74.6 Å². The molecule has 0 amide bonds. The van der Waals surface area contributed by atoms with Crippen LogP contribution in [0, 0.1) is 13.8 Å². The zero-order chi connectivity index (χ0) is 20.0. The van der Waals surface area contributed by atoms with E-state index in [2.05, 4.69) is 41.5 Å². The predicted molar refractivity (Wildman–Crippen MR) is 113 cm³/mol. The maximum absolute atomic E-state index is 12.1. The van der Waals surface area contributed by atoms with E-state index in [-0.39, 0.29) is 5.63 Å². The topological polar surface area (TPSA) is 73.8 Å². The molecule has 0 saturated heterocycles. The van der Waals surface area contributed by atoms with Crippen molar-refractivity contribution in [2.75, 3.05) is 0 Å². The van der Waals surface area contributed by atoms with Gasteiger partial charge in [-0.3, -0.25) is 0 Å². The molecule has 0 bridgehead atoms. The van der Waals surface area contributed by atoms with Gasteiger partial charge >= 0.3 is 5.63 Å². The lowest BCUT2D eigenvalue weighted by atomic mass is 10.0. The first kappa shape index (κ1) is 18.1. The number of aromatic nitrogens is 4. The van der Waals surface area contributed by atoms with Crippen LogP contribution in [-0.2, 0) is 18.6 Å². The molecule has 0 radical (unpaired) electrons. The highest BCUT2D eigenvalue weighted by atomic mass is 32.2. The molecule has 2 aromatic carbocycles. The molecule has 1 aliphatic carbocycles. The van der Waals surface area contributed by atoms with Gasteiger partial charge in [-0.1, -0.05) is 23.9 Å². The molecule has 5 rings (SSSR count). The molecular weight excluding hydrogens is 384 g/mol. The van der Waals surface area contributed by atoms with Crippen molar-refractivity contribution in [1.29, 1.82) is 0 Å². The molecule has 0 fully saturated rings. The standard InChI is InChI=1S/C22H20N4O2S/c1-13-5-3-8-19(14(13)2)26-22(23-24-25-26)29-12-17-11-21(27)28-20-10-16-7-4-6-15(16)9-18(17)20/h3,5,8-11H,4,6-7,12H2,1-2H3. The summed E-state index contributed by atoms with van der Waals surface area (Å²) >= 11 is 1.52. The fourth-order valence-electron chi connectivity index (χ4n) is 3.94. The molecule has 2 heterocycles. The van der Waals surface area contributed by atoms with Crippen LogP contribution in [-0.4, -0.2) is 20.2 Å². The maximum atomic E-state index is 12.1. The molecule has 0 aliphatic heterocycles. The van der Waals surface area contributed by atoms with Gasteiger partial charge in [0.1, 0.15) is 5.58 Å². The van der Waals surface area contributed by atoms with Crippen molar-refractivity contribution in [3.8, 4) is 5.69 Å². The Labute approximate surface area is 171 Å². The smallest absolute Gasteiger partial charge is 0.336 e. The van der Waals surface area contributed by atoms with Crippen molar-refractivity contribution in [2.24, 2.45) is 0 Å². The van der Waals surface area contributed by atoms with Gasteiger partial charge in [-0.15, -0.1) is 5.10 Å². The van der Waals surface area contributed by atoms with Gasteiger partial charge in [-0.25, -0.2) is 4.79 Å². The van der Waals surface area contributed by atoms with Crippen LogP contribution in [0.15, 0.2) is 50.8 Å². The minimum atomic E-state index is -0.319. The summed E-state index contributed by atoms with van der Waals surface area (Å²) in [6.45, 7) is 4.14. The third kappa shape index (κ3) is 3.25. The summed E-state index contributed by atoms with van der Waals surface area (Å²) in [6.07, 6.45) is 3.30. The van der Waals surface area contributed by atoms with Crippen LogP contribution in [0.2, 0.25) is 0 Å². The highest BCUT2D eigenvalue weighted by molar-refractivity contribution is 7.98. The lowest BCUT2D eigenvalue weighted by Gasteiger charge is -2.10. The van der Waals surface area contributed by atoms with Crippen molar-refractivity contribution in [1.82, 2.24) is 20.2 Å². The lowest BCUT2D eigenvalue weighted by Crippen LogP contribution is -2.04. The van der Waals surface area contributed by atoms with Gasteiger partial charge < -0.3 is 4.42 Å². The van der Waals surface area contributed by atoms with Crippen LogP contribution in [0.1, 0.15) is 34.2 Å². The molecule has 29 heavy (non-hydrogen) atoms. The minimum absolute atomic E-state index is 0.319. The van der Waals surface area contributed by atoms with E-state index in [0.717, 1.165) is 41.5 Å². The van der Waals surface area contributed by atoms with E-state index < -0.39 is 0 Å². The predicted octanol–water partition coefficient (Wildman–Crippen LogP) is 4.17. The Kier molecular flexibility index (Phi) is 4.47. The molecule has 6 nitrogen and oxygen atoms in total. The van der Waals surface area contributed by atoms with Gasteiger partial charge in [0, 0.05) is 17.2 Å². The Bertz CT molecular complexity index is 1290. The van der Waals surface area contributed by atoms with E-state index in [9.17, 15) is 4.79 Å². The van der Waals surface area contributed by atoms with Crippen molar-refractivity contribution in [3.63, 3.8) is 0 Å². The van der Waals surface area contributed by atoms with Gasteiger partial charge in [-0.05, 0) is 89.6 Å². The Morgan fingerprint density at radius 3 is 2.83 bits per heavy atom. The molecule has 0 atom stereocenters. The maximum Gasteiger partial charge on any atom is 0.336 e. The van der Waals surface area contributed by atoms with Gasteiger partial charge in [-0.2, -0.15) is 4.68 Å². The van der Waals surface area contributed by atoms with E-state index in [0.29, 0.717) is 16.5 Å². The molecule has 146 valence electrons. The molecule has 0 saturated carbocycles. The fraction of sp³-hybridized carbons (Fsp3) is 0.273. The molecule has 1 aliphatic rings. The number of thioether (sulfide) groups is 1. The van der Waals surface area contributed by atoms with E-state index >= 15 is 0 Å². The Morgan fingerprint density at radius 1 is 1.14 bits per heavy atom. The van der Waals surface area contributed by atoms with Gasteiger partial charge in [0.2, 0.25) is 5.16 Å². The van der Waals surface area contributed by atoms with Crippen molar-refractivity contribution in [2.45, 2.75) is 44.0 Å². The minimum Gasteiger partial charge on any atom is -0.423 e. The summed E-state index contributed by atoms with van der Waals surface area (Å²) in [5.74, 6) is 0.589. The first-order valence-electron chi connectivity index (χ1n) is 9.66. The van der Waals surface area contributed by atoms with Gasteiger partial charge in [0.15, 0.2) is 0 Å². The molecule has 4 aromatic rings. The number of hydrogen-bond donors (Lipinski definition) is 0. The SMILES string of the molecule is Cc1cccc(-n2nnnc2SCc2cc(=O)oc3cc4c(cc23)CCC4)c1C. The largest absolute Gasteiger partial charge is 0.423 e. The molecular formula is C22H20N4O2S. The summed E-state index contributed by atoms with van der Waals surface area (Å²) in [5, 5.41) is 14.0. The van der Waals surface area contributed by atoms with Gasteiger partial charge in [0.05, 0.1) is 5.69 Å². The lowest BCUT2D eigenvalue weighted by molar-refractivity contribution is 0.559. The third-order valence-electron chi connectivity index (χ3n) is 5.64. The van der Waals surface area contributed by atoms with Crippen molar-refractivity contribution < 1.29 is 4.42 Å². The monoisotopic (exact) mass is 404 g/mol. The average molecular weight is 404 g/mol. The molecule has 7 heteroatoms. The highest BCUT2D eigenvalue weighted by Crippen LogP contribution is 2.31. The third-order valence-corrected chi connectivity index (χ3v) is 6.61. The van der Waals surface area contributed by atoms with E-state index in [4.69, 9.17) is 4.42 Å². The number of fused-ring (bicyclic) bond motifs is 2. The summed E-state index contributed by atoms with van der Waals surface area (Å²) < 4.78 is 7.24. The van der Waals surface area contributed by atoms with E-state index in [1.54, 1.807) is 10.7 Å². The Balaban J connectivity index is 1.50. The summed E-state index contributed by atoms with van der Waals surface area (Å²) in [7, 11) is 0. The van der Waals surface area contributed by atoms with Crippen LogP contribution in [0.25, 0.3) is 16.7 Å². The second kappa shape index (κ2) is 7.15. The van der Waals surface area contributed by atoms with Crippen LogP contribution < -0.4 is 5.63 Å². The number of tetrazole rings is 1. The molecule has 2 aromatic heterocycles. The normalized spacial score (nSPS) is 13.2. The Morgan fingerprint density at radius 2 is 1.97 bits per heavy atom. The first-order valence-corrected chi connectivity index (χ1v) is 10.6. The number of benzene rings is 2. The quantitative estimate of drug-likeness (QED) is 0.375. The number of hydrogen-bond acceptors (Lipinski definition) is 6. The van der Waals surface area contributed by atoms with Gasteiger partial charge in [0.25, 0.3) is 0 Å². The van der Waals surface area contributed by atoms with Crippen LogP contribution >= 0.6 is 11.8 Å². The summed E-state index contributed by atoms with van der Waals surface area (Å²) in [4.78, 5) is 12.1. The molecule has 0 spiro atoms. The zero-order valence-electron chi connectivity index (χ0n) is 16.3. The number of aryl methyl sites for hydroxylation is 3.